The summed E-state index contributed by atoms with van der Waals surface area (Å²) >= 11 is 1.19. The van der Waals surface area contributed by atoms with E-state index in [0.29, 0.717) is 16.7 Å². The van der Waals surface area contributed by atoms with Gasteiger partial charge < -0.3 is 10.2 Å². The summed E-state index contributed by atoms with van der Waals surface area (Å²) < 4.78 is 13.7. The lowest BCUT2D eigenvalue weighted by Gasteiger charge is -2.18. The maximum atomic E-state index is 13.7. The predicted octanol–water partition coefficient (Wildman–Crippen LogP) is 4.56. The van der Waals surface area contributed by atoms with Crippen LogP contribution in [0.5, 0.6) is 0 Å². The van der Waals surface area contributed by atoms with Gasteiger partial charge >= 0.3 is 0 Å². The van der Waals surface area contributed by atoms with Gasteiger partial charge in [-0.05, 0) is 48.7 Å². The number of aromatic nitrogens is 1. The normalized spacial score (nSPS) is 15.7. The van der Waals surface area contributed by atoms with Gasteiger partial charge in [0.15, 0.2) is 5.13 Å². The summed E-state index contributed by atoms with van der Waals surface area (Å²) in [5, 5.41) is 7.46. The zero-order valence-electron chi connectivity index (χ0n) is 17.1. The van der Waals surface area contributed by atoms with Crippen molar-refractivity contribution in [2.45, 2.75) is 19.8 Å². The summed E-state index contributed by atoms with van der Waals surface area (Å²) in [5.41, 5.74) is 2.37. The molecule has 2 amide bonds. The van der Waals surface area contributed by atoms with Crippen LogP contribution in [0.4, 0.5) is 20.9 Å². The number of carbonyl (C=O) groups excluding carboxylic acids is 2. The van der Waals surface area contributed by atoms with Gasteiger partial charge in [0.1, 0.15) is 5.82 Å². The lowest BCUT2D eigenvalue weighted by atomic mass is 10.2. The van der Waals surface area contributed by atoms with Crippen molar-refractivity contribution in [1.82, 2.24) is 4.98 Å². The average Bonchev–Trinajstić information content (AvgIpc) is 3.37. The fourth-order valence-corrected chi connectivity index (χ4v) is 4.26. The number of thiazole rings is 1. The van der Waals surface area contributed by atoms with Crippen molar-refractivity contribution in [2.24, 2.45) is 5.92 Å². The molecular formula is C23H23FN4O2S. The zero-order valence-corrected chi connectivity index (χ0v) is 17.9. The highest BCUT2D eigenvalue weighted by Gasteiger charge is 2.19. The summed E-state index contributed by atoms with van der Waals surface area (Å²) in [6.07, 6.45) is 1.28. The molecule has 1 unspecified atom stereocenters. The van der Waals surface area contributed by atoms with Gasteiger partial charge in [-0.25, -0.2) is 9.37 Å². The van der Waals surface area contributed by atoms with E-state index in [0.717, 1.165) is 24.5 Å². The fraction of sp³-hybridized carbons (Fsp3) is 0.261. The highest BCUT2D eigenvalue weighted by atomic mass is 32.1. The van der Waals surface area contributed by atoms with E-state index < -0.39 is 11.7 Å². The van der Waals surface area contributed by atoms with Crippen LogP contribution in [0.2, 0.25) is 0 Å². The van der Waals surface area contributed by atoms with E-state index in [4.69, 9.17) is 0 Å². The van der Waals surface area contributed by atoms with Gasteiger partial charge in [-0.15, -0.1) is 11.3 Å². The summed E-state index contributed by atoms with van der Waals surface area (Å²) in [6, 6.07) is 13.6. The number of nitrogens with zero attached hydrogens (tertiary/aromatic N) is 2. The Labute approximate surface area is 184 Å². The van der Waals surface area contributed by atoms with E-state index >= 15 is 0 Å². The van der Waals surface area contributed by atoms with Crippen LogP contribution in [0.25, 0.3) is 0 Å². The molecule has 2 heterocycles. The number of halogens is 1. The molecule has 1 aliphatic heterocycles. The lowest BCUT2D eigenvalue weighted by molar-refractivity contribution is -0.115. The maximum Gasteiger partial charge on any atom is 0.260 e. The Kier molecular flexibility index (Phi) is 6.27. The maximum absolute atomic E-state index is 13.7. The van der Waals surface area contributed by atoms with E-state index in [9.17, 15) is 14.0 Å². The van der Waals surface area contributed by atoms with Gasteiger partial charge in [0.05, 0.1) is 17.7 Å². The Morgan fingerprint density at radius 2 is 1.94 bits per heavy atom. The molecular weight excluding hydrogens is 415 g/mol. The third-order valence-corrected chi connectivity index (χ3v) is 5.98. The molecule has 0 radical (unpaired) electrons. The van der Waals surface area contributed by atoms with E-state index in [1.165, 1.54) is 36.0 Å². The highest BCUT2D eigenvalue weighted by Crippen LogP contribution is 2.25. The largest absolute Gasteiger partial charge is 0.371 e. The summed E-state index contributed by atoms with van der Waals surface area (Å²) in [5.74, 6) is -0.656. The van der Waals surface area contributed by atoms with Crippen molar-refractivity contribution < 1.29 is 14.0 Å². The Morgan fingerprint density at radius 3 is 2.65 bits per heavy atom. The minimum atomic E-state index is -0.596. The van der Waals surface area contributed by atoms with Crippen molar-refractivity contribution in [3.8, 4) is 0 Å². The monoisotopic (exact) mass is 438 g/mol. The third-order valence-electron chi connectivity index (χ3n) is 5.17. The molecule has 1 aromatic heterocycles. The molecule has 1 fully saturated rings. The quantitative estimate of drug-likeness (QED) is 0.592. The molecule has 1 atom stereocenters. The molecule has 4 rings (SSSR count). The van der Waals surface area contributed by atoms with Crippen LogP contribution in [0.15, 0.2) is 53.9 Å². The van der Waals surface area contributed by atoms with Crippen LogP contribution in [0, 0.1) is 11.7 Å². The first-order valence-electron chi connectivity index (χ1n) is 10.1. The van der Waals surface area contributed by atoms with Crippen LogP contribution in [0.3, 0.4) is 0 Å². The zero-order chi connectivity index (χ0) is 21.8. The van der Waals surface area contributed by atoms with E-state index in [-0.39, 0.29) is 17.9 Å². The first kappa shape index (κ1) is 21.0. The number of hydrogen-bond acceptors (Lipinski definition) is 5. The van der Waals surface area contributed by atoms with Crippen LogP contribution in [0.1, 0.15) is 29.4 Å². The Morgan fingerprint density at radius 1 is 1.16 bits per heavy atom. The molecule has 31 heavy (non-hydrogen) atoms. The van der Waals surface area contributed by atoms with Crippen molar-refractivity contribution in [1.29, 1.82) is 0 Å². The van der Waals surface area contributed by atoms with E-state index in [1.807, 2.05) is 24.3 Å². The minimum Gasteiger partial charge on any atom is -0.371 e. The molecule has 2 N–H and O–H groups in total. The van der Waals surface area contributed by atoms with E-state index in [1.54, 1.807) is 11.4 Å². The van der Waals surface area contributed by atoms with Crippen LogP contribution in [-0.2, 0) is 11.2 Å². The Bertz CT molecular complexity index is 1080. The third kappa shape index (κ3) is 5.27. The summed E-state index contributed by atoms with van der Waals surface area (Å²) in [6.45, 7) is 4.38. The van der Waals surface area contributed by atoms with Crippen molar-refractivity contribution >= 4 is 39.7 Å². The molecule has 160 valence electrons. The summed E-state index contributed by atoms with van der Waals surface area (Å²) in [4.78, 5) is 31.2. The molecule has 0 saturated carbocycles. The average molecular weight is 439 g/mol. The number of anilines is 3. The molecule has 1 saturated heterocycles. The lowest BCUT2D eigenvalue weighted by Crippen LogP contribution is -2.19. The smallest absolute Gasteiger partial charge is 0.260 e. The minimum absolute atomic E-state index is 0.0520. The van der Waals surface area contributed by atoms with Crippen LogP contribution >= 0.6 is 11.3 Å². The molecule has 8 heteroatoms. The number of carbonyl (C=O) groups is 2. The van der Waals surface area contributed by atoms with Crippen molar-refractivity contribution in [2.75, 3.05) is 28.6 Å². The topological polar surface area (TPSA) is 74.3 Å². The number of nitrogens with one attached hydrogen (secondary N) is 2. The second-order valence-corrected chi connectivity index (χ2v) is 8.55. The number of rotatable bonds is 6. The van der Waals surface area contributed by atoms with Gasteiger partial charge in [-0.2, -0.15) is 0 Å². The fourth-order valence-electron chi connectivity index (χ4n) is 3.55. The molecule has 2 aromatic carbocycles. The van der Waals surface area contributed by atoms with Gasteiger partial charge in [0, 0.05) is 29.8 Å². The highest BCUT2D eigenvalue weighted by molar-refractivity contribution is 7.14. The van der Waals surface area contributed by atoms with Gasteiger partial charge in [-0.3, -0.25) is 14.9 Å². The van der Waals surface area contributed by atoms with Gasteiger partial charge in [-0.1, -0.05) is 19.1 Å². The predicted molar refractivity (Wildman–Crippen MR) is 121 cm³/mol. The van der Waals surface area contributed by atoms with Gasteiger partial charge in [0.25, 0.3) is 5.91 Å². The molecule has 6 nitrogen and oxygen atoms in total. The number of amides is 2. The first-order valence-corrected chi connectivity index (χ1v) is 11.0. The van der Waals surface area contributed by atoms with Crippen LogP contribution in [-0.4, -0.2) is 29.9 Å². The van der Waals surface area contributed by atoms with Gasteiger partial charge in [0.2, 0.25) is 5.91 Å². The van der Waals surface area contributed by atoms with Crippen molar-refractivity contribution in [3.63, 3.8) is 0 Å². The van der Waals surface area contributed by atoms with E-state index in [2.05, 4.69) is 27.4 Å². The first-order chi connectivity index (χ1) is 15.0. The molecule has 1 aliphatic rings. The number of hydrogen-bond donors (Lipinski definition) is 2. The molecule has 0 bridgehead atoms. The Balaban J connectivity index is 1.31. The molecule has 0 spiro atoms. The second kappa shape index (κ2) is 9.26. The van der Waals surface area contributed by atoms with Crippen LogP contribution < -0.4 is 15.5 Å². The molecule has 3 aromatic rings. The standard InChI is InChI=1S/C23H23FN4O2S/c1-15-10-11-28(13-15)18-8-6-16(7-9-18)25-21(29)12-17-14-31-23(26-17)27-22(30)19-4-2-3-5-20(19)24/h2-9,14-15H,10-13H2,1H3,(H,25,29)(H,26,27,30). The number of benzene rings is 2. The summed E-state index contributed by atoms with van der Waals surface area (Å²) in [7, 11) is 0. The second-order valence-electron chi connectivity index (χ2n) is 7.69. The Hall–Kier alpha value is -3.26. The molecule has 0 aliphatic carbocycles. The SMILES string of the molecule is CC1CCN(c2ccc(NC(=O)Cc3csc(NC(=O)c4ccccc4F)n3)cc2)C1. The van der Waals surface area contributed by atoms with Crippen molar-refractivity contribution in [3.05, 3.63) is 71.0 Å².